The molecule has 0 saturated carbocycles. The highest BCUT2D eigenvalue weighted by molar-refractivity contribution is 5.93. The Bertz CT molecular complexity index is 563. The molecule has 1 rings (SSSR count). The van der Waals surface area contributed by atoms with Crippen LogP contribution in [0.2, 0.25) is 0 Å². The van der Waals surface area contributed by atoms with Crippen molar-refractivity contribution in [1.29, 1.82) is 5.26 Å². The molecular formula is C15H18N4O2. The van der Waals surface area contributed by atoms with Gasteiger partial charge in [-0.3, -0.25) is 15.0 Å². The predicted molar refractivity (Wildman–Crippen MR) is 79.0 cm³/mol. The van der Waals surface area contributed by atoms with Gasteiger partial charge in [-0.2, -0.15) is 5.26 Å². The number of hydrogen-bond acceptors (Lipinski definition) is 4. The first-order valence-electron chi connectivity index (χ1n) is 6.46. The Labute approximate surface area is 123 Å². The maximum absolute atomic E-state index is 11.4. The molecule has 0 atom stereocenters. The van der Waals surface area contributed by atoms with Gasteiger partial charge in [0.15, 0.2) is 0 Å². The molecule has 0 heterocycles. The zero-order valence-corrected chi connectivity index (χ0v) is 11.7. The van der Waals surface area contributed by atoms with Crippen LogP contribution >= 0.6 is 0 Å². The van der Waals surface area contributed by atoms with Gasteiger partial charge in [0, 0.05) is 26.1 Å². The summed E-state index contributed by atoms with van der Waals surface area (Å²) < 4.78 is 0. The van der Waals surface area contributed by atoms with Crippen LogP contribution in [0.3, 0.4) is 0 Å². The Morgan fingerprint density at radius 2 is 2.24 bits per heavy atom. The number of carbonyl (C=O) groups is 2. The normalized spacial score (nSPS) is 9.90. The number of hydrogen-bond donors (Lipinski definition) is 2. The van der Waals surface area contributed by atoms with Gasteiger partial charge in [-0.15, -0.1) is 6.58 Å². The predicted octanol–water partition coefficient (Wildman–Crippen LogP) is 1.13. The van der Waals surface area contributed by atoms with Gasteiger partial charge in [-0.05, 0) is 17.7 Å². The second-order valence-corrected chi connectivity index (χ2v) is 4.50. The molecule has 0 aliphatic heterocycles. The third kappa shape index (κ3) is 6.36. The molecule has 1 aromatic rings. The van der Waals surface area contributed by atoms with E-state index in [0.29, 0.717) is 25.2 Å². The van der Waals surface area contributed by atoms with E-state index in [1.165, 1.54) is 0 Å². The summed E-state index contributed by atoms with van der Waals surface area (Å²) in [6, 6.07) is 8.52. The summed E-state index contributed by atoms with van der Waals surface area (Å²) in [7, 11) is 0. The van der Waals surface area contributed by atoms with Crippen LogP contribution in [0.25, 0.3) is 0 Å². The number of nitrogens with two attached hydrogens (primary N) is 1. The minimum absolute atomic E-state index is 0.161. The van der Waals surface area contributed by atoms with Gasteiger partial charge in [0.25, 0.3) is 0 Å². The third-order valence-electron chi connectivity index (χ3n) is 2.77. The van der Waals surface area contributed by atoms with Crippen LogP contribution in [0.1, 0.15) is 17.5 Å². The molecule has 0 spiro atoms. The molecule has 0 bridgehead atoms. The van der Waals surface area contributed by atoms with E-state index in [-0.39, 0.29) is 6.42 Å². The van der Waals surface area contributed by atoms with Crippen LogP contribution in [0.15, 0.2) is 36.9 Å². The molecule has 0 aliphatic rings. The Morgan fingerprint density at radius 1 is 1.48 bits per heavy atom. The number of nitrogens with one attached hydrogen (secondary N) is 1. The summed E-state index contributed by atoms with van der Waals surface area (Å²) in [6.45, 7) is 5.33. The molecule has 21 heavy (non-hydrogen) atoms. The number of benzene rings is 1. The highest BCUT2D eigenvalue weighted by Crippen LogP contribution is 2.08. The van der Waals surface area contributed by atoms with Crippen molar-refractivity contribution >= 4 is 11.9 Å². The lowest BCUT2D eigenvalue weighted by atomic mass is 10.1. The van der Waals surface area contributed by atoms with Crippen molar-refractivity contribution < 1.29 is 9.59 Å². The maximum Gasteiger partial charge on any atom is 0.318 e. The summed E-state index contributed by atoms with van der Waals surface area (Å²) in [5.74, 6) is -0.415. The molecule has 0 saturated heterocycles. The first-order chi connectivity index (χ1) is 10.0. The molecule has 6 heteroatoms. The average Bonchev–Trinajstić information content (AvgIpc) is 2.44. The van der Waals surface area contributed by atoms with E-state index >= 15 is 0 Å². The second-order valence-electron chi connectivity index (χ2n) is 4.50. The monoisotopic (exact) mass is 286 g/mol. The van der Waals surface area contributed by atoms with Crippen LogP contribution < -0.4 is 11.1 Å². The van der Waals surface area contributed by atoms with E-state index in [0.717, 1.165) is 5.56 Å². The van der Waals surface area contributed by atoms with Crippen molar-refractivity contribution in [2.75, 3.05) is 13.1 Å². The fourth-order valence-electron chi connectivity index (χ4n) is 1.87. The first kappa shape index (κ1) is 16.4. The summed E-state index contributed by atoms with van der Waals surface area (Å²) in [6.07, 6.45) is 1.90. The highest BCUT2D eigenvalue weighted by Gasteiger charge is 2.09. The molecular weight excluding hydrogens is 268 g/mol. The van der Waals surface area contributed by atoms with Crippen molar-refractivity contribution in [2.24, 2.45) is 5.73 Å². The van der Waals surface area contributed by atoms with E-state index in [9.17, 15) is 9.59 Å². The Hall–Kier alpha value is -2.65. The summed E-state index contributed by atoms with van der Waals surface area (Å²) in [5, 5.41) is 10.9. The van der Waals surface area contributed by atoms with Gasteiger partial charge in [-0.25, -0.2) is 4.79 Å². The van der Waals surface area contributed by atoms with Gasteiger partial charge >= 0.3 is 6.03 Å². The molecule has 0 aliphatic carbocycles. The van der Waals surface area contributed by atoms with Gasteiger partial charge in [0.2, 0.25) is 5.91 Å². The topological polar surface area (TPSA) is 99.2 Å². The van der Waals surface area contributed by atoms with Crippen LogP contribution in [0.5, 0.6) is 0 Å². The van der Waals surface area contributed by atoms with Gasteiger partial charge in [-0.1, -0.05) is 18.2 Å². The Morgan fingerprint density at radius 3 is 2.86 bits per heavy atom. The van der Waals surface area contributed by atoms with Crippen molar-refractivity contribution in [3.8, 4) is 6.07 Å². The number of imide groups is 1. The lowest BCUT2D eigenvalue weighted by Gasteiger charge is -2.20. The zero-order chi connectivity index (χ0) is 15.7. The number of nitriles is 1. The first-order valence-corrected chi connectivity index (χ1v) is 6.46. The van der Waals surface area contributed by atoms with Crippen LogP contribution in [0.4, 0.5) is 4.79 Å². The third-order valence-corrected chi connectivity index (χ3v) is 2.77. The van der Waals surface area contributed by atoms with Gasteiger partial charge in [0.1, 0.15) is 0 Å². The molecule has 110 valence electrons. The van der Waals surface area contributed by atoms with Crippen molar-refractivity contribution in [2.45, 2.75) is 13.0 Å². The van der Waals surface area contributed by atoms with E-state index < -0.39 is 11.9 Å². The summed E-state index contributed by atoms with van der Waals surface area (Å²) in [5.41, 5.74) is 6.46. The lowest BCUT2D eigenvalue weighted by molar-refractivity contribution is -0.120. The Balaban J connectivity index is 2.60. The fraction of sp³-hybridized carbons (Fsp3) is 0.267. The number of carbonyl (C=O) groups excluding carboxylic acids is 2. The fourth-order valence-corrected chi connectivity index (χ4v) is 1.87. The smallest absolute Gasteiger partial charge is 0.318 e. The van der Waals surface area contributed by atoms with Crippen LogP contribution in [-0.4, -0.2) is 29.9 Å². The molecule has 0 fully saturated rings. The molecule has 0 aromatic heterocycles. The molecule has 0 radical (unpaired) electrons. The number of amides is 3. The van der Waals surface area contributed by atoms with Gasteiger partial charge < -0.3 is 5.73 Å². The average molecular weight is 286 g/mol. The highest BCUT2D eigenvalue weighted by atomic mass is 16.2. The lowest BCUT2D eigenvalue weighted by Crippen LogP contribution is -2.37. The molecule has 6 nitrogen and oxygen atoms in total. The number of rotatable bonds is 7. The van der Waals surface area contributed by atoms with Crippen molar-refractivity contribution in [3.63, 3.8) is 0 Å². The molecule has 3 N–H and O–H groups in total. The maximum atomic E-state index is 11.4. The molecule has 1 aromatic carbocycles. The number of primary amides is 1. The standard InChI is InChI=1S/C15H18N4O2/c1-2-7-19(8-6-14(20)18-15(17)21)11-13-5-3-4-12(9-13)10-16/h2-5,9H,1,6-8,11H2,(H3,17,18,20,21). The van der Waals surface area contributed by atoms with Crippen molar-refractivity contribution in [3.05, 3.63) is 48.0 Å². The van der Waals surface area contributed by atoms with E-state index in [2.05, 4.69) is 12.6 Å². The SMILES string of the molecule is C=CCN(CCC(=O)NC(N)=O)Cc1cccc(C#N)c1. The summed E-state index contributed by atoms with van der Waals surface area (Å²) >= 11 is 0. The van der Waals surface area contributed by atoms with Crippen molar-refractivity contribution in [1.82, 2.24) is 10.2 Å². The molecule has 0 unspecified atom stereocenters. The van der Waals surface area contributed by atoms with Crippen LogP contribution in [0, 0.1) is 11.3 Å². The Kier molecular flexibility index (Phi) is 6.65. The summed E-state index contributed by atoms with van der Waals surface area (Å²) in [4.78, 5) is 24.0. The molecule has 3 amide bonds. The zero-order valence-electron chi connectivity index (χ0n) is 11.7. The van der Waals surface area contributed by atoms with E-state index in [1.54, 1.807) is 18.2 Å². The minimum atomic E-state index is -0.850. The quantitative estimate of drug-likeness (QED) is 0.734. The number of nitrogens with zero attached hydrogens (tertiary/aromatic N) is 2. The second kappa shape index (κ2) is 8.51. The van der Waals surface area contributed by atoms with Crippen LogP contribution in [-0.2, 0) is 11.3 Å². The minimum Gasteiger partial charge on any atom is -0.351 e. The van der Waals surface area contributed by atoms with E-state index in [4.69, 9.17) is 11.0 Å². The van der Waals surface area contributed by atoms with E-state index in [1.807, 2.05) is 22.3 Å². The number of urea groups is 1. The largest absolute Gasteiger partial charge is 0.351 e. The van der Waals surface area contributed by atoms with Gasteiger partial charge in [0.05, 0.1) is 11.6 Å².